The second kappa shape index (κ2) is 6.14. The third kappa shape index (κ3) is 4.11. The molecule has 0 aliphatic carbocycles. The summed E-state index contributed by atoms with van der Waals surface area (Å²) in [6.45, 7) is 4.80. The van der Waals surface area contributed by atoms with Crippen molar-refractivity contribution in [1.82, 2.24) is 4.72 Å². The molecular formula is C12H19NO3S. The van der Waals surface area contributed by atoms with Gasteiger partial charge in [-0.15, -0.1) is 0 Å². The van der Waals surface area contributed by atoms with Gasteiger partial charge in [-0.2, -0.15) is 0 Å². The Balaban J connectivity index is 2.72. The van der Waals surface area contributed by atoms with Gasteiger partial charge in [0.1, 0.15) is 0 Å². The van der Waals surface area contributed by atoms with Crippen molar-refractivity contribution < 1.29 is 13.2 Å². The molecule has 0 saturated carbocycles. The Bertz CT molecular complexity index is 469. The highest BCUT2D eigenvalue weighted by molar-refractivity contribution is 7.89. The molecule has 0 spiro atoms. The lowest BCUT2D eigenvalue weighted by Gasteiger charge is -2.08. The number of rotatable bonds is 6. The number of ether oxygens (including phenoxy) is 1. The fraction of sp³-hybridized carbons (Fsp3) is 0.500. The minimum Gasteiger partial charge on any atom is -0.385 e. The lowest BCUT2D eigenvalue weighted by molar-refractivity contribution is 0.196. The maximum absolute atomic E-state index is 11.9. The zero-order valence-electron chi connectivity index (χ0n) is 10.5. The highest BCUT2D eigenvalue weighted by Crippen LogP contribution is 2.14. The molecule has 4 nitrogen and oxygen atoms in total. The molecule has 1 rings (SSSR count). The van der Waals surface area contributed by atoms with Crippen molar-refractivity contribution in [2.75, 3.05) is 20.3 Å². The van der Waals surface area contributed by atoms with Crippen LogP contribution in [0.1, 0.15) is 17.5 Å². The number of methoxy groups -OCH3 is 1. The lowest BCUT2D eigenvalue weighted by Crippen LogP contribution is -2.25. The van der Waals surface area contributed by atoms with Gasteiger partial charge in [-0.25, -0.2) is 13.1 Å². The Labute approximate surface area is 103 Å². The molecule has 0 heterocycles. The van der Waals surface area contributed by atoms with Crippen LogP contribution in [0.2, 0.25) is 0 Å². The molecule has 0 fully saturated rings. The number of hydrogen-bond acceptors (Lipinski definition) is 3. The molecule has 0 aromatic heterocycles. The molecule has 5 heteroatoms. The SMILES string of the molecule is COCCCNS(=O)(=O)c1ccc(C)c(C)c1. The van der Waals surface area contributed by atoms with Crippen LogP contribution in [-0.4, -0.2) is 28.7 Å². The second-order valence-corrected chi connectivity index (χ2v) is 5.76. The van der Waals surface area contributed by atoms with Gasteiger partial charge < -0.3 is 4.74 Å². The van der Waals surface area contributed by atoms with Crippen LogP contribution in [0.3, 0.4) is 0 Å². The van der Waals surface area contributed by atoms with Gasteiger partial charge in [-0.3, -0.25) is 0 Å². The van der Waals surface area contributed by atoms with Gasteiger partial charge in [0, 0.05) is 20.3 Å². The van der Waals surface area contributed by atoms with E-state index in [0.717, 1.165) is 11.1 Å². The van der Waals surface area contributed by atoms with Gasteiger partial charge >= 0.3 is 0 Å². The number of benzene rings is 1. The van der Waals surface area contributed by atoms with E-state index in [-0.39, 0.29) is 0 Å². The van der Waals surface area contributed by atoms with Gasteiger partial charge in [0.15, 0.2) is 0 Å². The van der Waals surface area contributed by atoms with E-state index >= 15 is 0 Å². The van der Waals surface area contributed by atoms with Gasteiger partial charge in [0.25, 0.3) is 0 Å². The van der Waals surface area contributed by atoms with Crippen molar-refractivity contribution in [2.24, 2.45) is 0 Å². The van der Waals surface area contributed by atoms with Crippen LogP contribution < -0.4 is 4.72 Å². The van der Waals surface area contributed by atoms with E-state index in [1.165, 1.54) is 0 Å². The number of aryl methyl sites for hydroxylation is 2. The van der Waals surface area contributed by atoms with Gasteiger partial charge in [0.05, 0.1) is 4.90 Å². The Hall–Kier alpha value is -0.910. The summed E-state index contributed by atoms with van der Waals surface area (Å²) < 4.78 is 31.2. The predicted molar refractivity (Wildman–Crippen MR) is 67.6 cm³/mol. The fourth-order valence-corrected chi connectivity index (χ4v) is 2.55. The maximum Gasteiger partial charge on any atom is 0.240 e. The molecule has 0 aliphatic rings. The largest absolute Gasteiger partial charge is 0.385 e. The summed E-state index contributed by atoms with van der Waals surface area (Å²) in [4.78, 5) is 0.318. The van der Waals surface area contributed by atoms with Crippen molar-refractivity contribution >= 4 is 10.0 Å². The molecule has 0 bridgehead atoms. The first kappa shape index (κ1) is 14.2. The predicted octanol–water partition coefficient (Wildman–Crippen LogP) is 1.62. The summed E-state index contributed by atoms with van der Waals surface area (Å²) in [5, 5.41) is 0. The van der Waals surface area contributed by atoms with E-state index in [0.29, 0.717) is 24.5 Å². The highest BCUT2D eigenvalue weighted by atomic mass is 32.2. The maximum atomic E-state index is 11.9. The summed E-state index contributed by atoms with van der Waals surface area (Å²) in [6, 6.07) is 5.13. The molecular weight excluding hydrogens is 238 g/mol. The lowest BCUT2D eigenvalue weighted by atomic mass is 10.1. The molecule has 0 amide bonds. The molecule has 1 N–H and O–H groups in total. The zero-order chi connectivity index (χ0) is 12.9. The van der Waals surface area contributed by atoms with Crippen LogP contribution in [0.15, 0.2) is 23.1 Å². The molecule has 17 heavy (non-hydrogen) atoms. The molecule has 0 unspecified atom stereocenters. The van der Waals surface area contributed by atoms with Crippen molar-refractivity contribution in [3.63, 3.8) is 0 Å². The Morgan fingerprint density at radius 3 is 2.53 bits per heavy atom. The van der Waals surface area contributed by atoms with Crippen LogP contribution in [0.4, 0.5) is 0 Å². The first-order valence-corrected chi connectivity index (χ1v) is 7.01. The van der Waals surface area contributed by atoms with Gasteiger partial charge in [-0.1, -0.05) is 6.07 Å². The van der Waals surface area contributed by atoms with E-state index < -0.39 is 10.0 Å². The fourth-order valence-electron chi connectivity index (χ4n) is 1.39. The Kier molecular flexibility index (Phi) is 5.11. The molecule has 1 aromatic rings. The summed E-state index contributed by atoms with van der Waals surface area (Å²) >= 11 is 0. The Morgan fingerprint density at radius 1 is 1.24 bits per heavy atom. The van der Waals surface area contributed by atoms with E-state index in [1.807, 2.05) is 19.9 Å². The molecule has 0 radical (unpaired) electrons. The van der Waals surface area contributed by atoms with Crippen molar-refractivity contribution in [1.29, 1.82) is 0 Å². The minimum atomic E-state index is -3.39. The van der Waals surface area contributed by atoms with Crippen LogP contribution >= 0.6 is 0 Å². The third-order valence-corrected chi connectivity index (χ3v) is 4.06. The monoisotopic (exact) mass is 257 g/mol. The third-order valence-electron chi connectivity index (χ3n) is 2.61. The van der Waals surface area contributed by atoms with Crippen LogP contribution in [0.25, 0.3) is 0 Å². The summed E-state index contributed by atoms with van der Waals surface area (Å²) in [5.74, 6) is 0. The second-order valence-electron chi connectivity index (χ2n) is 3.99. The summed E-state index contributed by atoms with van der Waals surface area (Å²) in [5.41, 5.74) is 2.06. The highest BCUT2D eigenvalue weighted by Gasteiger charge is 2.13. The van der Waals surface area contributed by atoms with E-state index in [2.05, 4.69) is 4.72 Å². The zero-order valence-corrected chi connectivity index (χ0v) is 11.3. The average molecular weight is 257 g/mol. The molecule has 0 saturated heterocycles. The van der Waals surface area contributed by atoms with E-state index in [9.17, 15) is 8.42 Å². The smallest absolute Gasteiger partial charge is 0.240 e. The number of sulfonamides is 1. The number of hydrogen-bond donors (Lipinski definition) is 1. The van der Waals surface area contributed by atoms with Crippen LogP contribution in [-0.2, 0) is 14.8 Å². The molecule has 96 valence electrons. The standard InChI is InChI=1S/C12H19NO3S/c1-10-5-6-12(9-11(10)2)17(14,15)13-7-4-8-16-3/h5-6,9,13H,4,7-8H2,1-3H3. The summed E-state index contributed by atoms with van der Waals surface area (Å²) in [7, 11) is -1.79. The van der Waals surface area contributed by atoms with Gasteiger partial charge in [0.2, 0.25) is 10.0 Å². The van der Waals surface area contributed by atoms with Crippen molar-refractivity contribution in [3.8, 4) is 0 Å². The average Bonchev–Trinajstić information content (AvgIpc) is 2.28. The van der Waals surface area contributed by atoms with Crippen LogP contribution in [0.5, 0.6) is 0 Å². The van der Waals surface area contributed by atoms with Crippen molar-refractivity contribution in [3.05, 3.63) is 29.3 Å². The first-order valence-electron chi connectivity index (χ1n) is 5.53. The molecule has 1 aromatic carbocycles. The van der Waals surface area contributed by atoms with E-state index in [1.54, 1.807) is 19.2 Å². The summed E-state index contributed by atoms with van der Waals surface area (Å²) in [6.07, 6.45) is 0.667. The Morgan fingerprint density at radius 2 is 1.94 bits per heavy atom. The topological polar surface area (TPSA) is 55.4 Å². The quantitative estimate of drug-likeness (QED) is 0.788. The number of nitrogens with one attached hydrogen (secondary N) is 1. The van der Waals surface area contributed by atoms with Gasteiger partial charge in [-0.05, 0) is 43.5 Å². The van der Waals surface area contributed by atoms with Crippen LogP contribution in [0, 0.1) is 13.8 Å². The normalized spacial score (nSPS) is 11.7. The van der Waals surface area contributed by atoms with Crippen molar-refractivity contribution in [2.45, 2.75) is 25.2 Å². The molecule has 0 aliphatic heterocycles. The minimum absolute atomic E-state index is 0.318. The first-order chi connectivity index (χ1) is 7.97. The van der Waals surface area contributed by atoms with E-state index in [4.69, 9.17) is 4.74 Å². The molecule has 0 atom stereocenters.